The Morgan fingerprint density at radius 3 is 2.31 bits per heavy atom. The van der Waals surface area contributed by atoms with E-state index >= 15 is 0 Å². The maximum atomic E-state index is 10.1. The van der Waals surface area contributed by atoms with Crippen LogP contribution in [0.5, 0.6) is 0 Å². The van der Waals surface area contributed by atoms with Crippen molar-refractivity contribution in [3.8, 4) is 0 Å². The van der Waals surface area contributed by atoms with Gasteiger partial charge in [-0.2, -0.15) is 0 Å². The molecule has 94 valence electrons. The van der Waals surface area contributed by atoms with Crippen molar-refractivity contribution in [2.75, 3.05) is 0 Å². The predicted molar refractivity (Wildman–Crippen MR) is 67.5 cm³/mol. The van der Waals surface area contributed by atoms with Gasteiger partial charge in [-0.25, -0.2) is 0 Å². The summed E-state index contributed by atoms with van der Waals surface area (Å²) in [5, 5.41) is 13.9. The van der Waals surface area contributed by atoms with Crippen LogP contribution < -0.4 is 5.32 Å². The molecule has 2 unspecified atom stereocenters. The number of aliphatic hydroxyl groups is 1. The molecule has 0 aromatic carbocycles. The number of hydrogen-bond donors (Lipinski definition) is 2. The van der Waals surface area contributed by atoms with Crippen LogP contribution in [-0.4, -0.2) is 22.8 Å². The van der Waals surface area contributed by atoms with Crippen LogP contribution in [0.4, 0.5) is 0 Å². The third-order valence-electron chi connectivity index (χ3n) is 4.47. The van der Waals surface area contributed by atoms with Crippen molar-refractivity contribution < 1.29 is 5.11 Å². The summed E-state index contributed by atoms with van der Waals surface area (Å²) < 4.78 is 0. The Labute approximate surface area is 99.8 Å². The zero-order valence-corrected chi connectivity index (χ0v) is 10.7. The molecule has 0 heterocycles. The van der Waals surface area contributed by atoms with Crippen LogP contribution in [-0.2, 0) is 0 Å². The summed E-state index contributed by atoms with van der Waals surface area (Å²) in [6, 6.07) is 0.352. The molecule has 2 N–H and O–H groups in total. The van der Waals surface area contributed by atoms with E-state index in [9.17, 15) is 5.11 Å². The summed E-state index contributed by atoms with van der Waals surface area (Å²) in [4.78, 5) is 0. The normalized spacial score (nSPS) is 35.6. The summed E-state index contributed by atoms with van der Waals surface area (Å²) in [6.45, 7) is 2.35. The molecule has 0 bridgehead atoms. The van der Waals surface area contributed by atoms with E-state index in [-0.39, 0.29) is 6.10 Å². The monoisotopic (exact) mass is 225 g/mol. The Morgan fingerprint density at radius 1 is 0.938 bits per heavy atom. The van der Waals surface area contributed by atoms with Crippen molar-refractivity contribution in [2.24, 2.45) is 0 Å². The molecule has 0 radical (unpaired) electrons. The molecule has 2 atom stereocenters. The van der Waals surface area contributed by atoms with Gasteiger partial charge in [0.2, 0.25) is 0 Å². The quantitative estimate of drug-likeness (QED) is 0.708. The second kappa shape index (κ2) is 5.50. The fraction of sp³-hybridized carbons (Fsp3) is 1.00. The first-order valence-corrected chi connectivity index (χ1v) is 7.15. The minimum atomic E-state index is -0.110. The van der Waals surface area contributed by atoms with Gasteiger partial charge in [-0.15, -0.1) is 0 Å². The van der Waals surface area contributed by atoms with Gasteiger partial charge in [0.05, 0.1) is 6.10 Å². The second-order valence-electron chi connectivity index (χ2n) is 6.08. The molecule has 0 saturated heterocycles. The number of aliphatic hydroxyl groups excluding tert-OH is 1. The molecule has 2 heteroatoms. The summed E-state index contributed by atoms with van der Waals surface area (Å²) >= 11 is 0. The number of hydrogen-bond acceptors (Lipinski definition) is 2. The van der Waals surface area contributed by atoms with Crippen molar-refractivity contribution in [3.63, 3.8) is 0 Å². The highest BCUT2D eigenvalue weighted by Gasteiger charge is 2.32. The maximum absolute atomic E-state index is 10.1. The van der Waals surface area contributed by atoms with Crippen molar-refractivity contribution in [3.05, 3.63) is 0 Å². The lowest BCUT2D eigenvalue weighted by atomic mass is 9.82. The Hall–Kier alpha value is -0.0800. The second-order valence-corrected chi connectivity index (χ2v) is 6.08. The standard InChI is InChI=1S/C14H27NO/c1-14(10-6-3-7-11-14)15-12-8-4-2-5-9-13(12)16/h12-13,15-16H,2-11H2,1H3. The SMILES string of the molecule is CC1(NC2CCCCCC2O)CCCCC1. The lowest BCUT2D eigenvalue weighted by Crippen LogP contribution is -2.53. The first-order valence-electron chi connectivity index (χ1n) is 7.15. The van der Waals surface area contributed by atoms with Crippen LogP contribution in [0.25, 0.3) is 0 Å². The molecule has 0 aromatic heterocycles. The number of nitrogens with one attached hydrogen (secondary N) is 1. The van der Waals surface area contributed by atoms with Crippen LogP contribution in [0.3, 0.4) is 0 Å². The third kappa shape index (κ3) is 3.21. The van der Waals surface area contributed by atoms with E-state index in [0.29, 0.717) is 11.6 Å². The minimum Gasteiger partial charge on any atom is -0.392 e. The predicted octanol–water partition coefficient (Wildman–Crippen LogP) is 2.99. The van der Waals surface area contributed by atoms with Gasteiger partial charge in [-0.05, 0) is 32.6 Å². The van der Waals surface area contributed by atoms with Crippen LogP contribution in [0.15, 0.2) is 0 Å². The smallest absolute Gasteiger partial charge is 0.0693 e. The molecular weight excluding hydrogens is 198 g/mol. The summed E-state index contributed by atoms with van der Waals surface area (Å²) in [6.07, 6.45) is 12.5. The lowest BCUT2D eigenvalue weighted by Gasteiger charge is -2.39. The fourth-order valence-electron chi connectivity index (χ4n) is 3.38. The van der Waals surface area contributed by atoms with Crippen LogP contribution in [0, 0.1) is 0 Å². The van der Waals surface area contributed by atoms with Gasteiger partial charge in [0.1, 0.15) is 0 Å². The first kappa shape index (κ1) is 12.4. The van der Waals surface area contributed by atoms with Crippen molar-refractivity contribution in [2.45, 2.75) is 88.8 Å². The third-order valence-corrected chi connectivity index (χ3v) is 4.47. The Bertz CT molecular complexity index is 211. The maximum Gasteiger partial charge on any atom is 0.0693 e. The molecule has 2 rings (SSSR count). The Morgan fingerprint density at radius 2 is 1.56 bits per heavy atom. The van der Waals surface area contributed by atoms with Gasteiger partial charge in [-0.1, -0.05) is 38.5 Å². The lowest BCUT2D eigenvalue weighted by molar-refractivity contribution is 0.0913. The van der Waals surface area contributed by atoms with Gasteiger partial charge in [0.15, 0.2) is 0 Å². The van der Waals surface area contributed by atoms with E-state index in [1.807, 2.05) is 0 Å². The van der Waals surface area contributed by atoms with Gasteiger partial charge in [0, 0.05) is 11.6 Å². The topological polar surface area (TPSA) is 32.3 Å². The highest BCUT2D eigenvalue weighted by atomic mass is 16.3. The van der Waals surface area contributed by atoms with Crippen LogP contribution in [0.2, 0.25) is 0 Å². The van der Waals surface area contributed by atoms with Crippen molar-refractivity contribution >= 4 is 0 Å². The summed E-state index contributed by atoms with van der Waals surface area (Å²) in [7, 11) is 0. The highest BCUT2D eigenvalue weighted by molar-refractivity contribution is 4.92. The average Bonchev–Trinajstić information content (AvgIpc) is 2.45. The average molecular weight is 225 g/mol. The molecule has 2 nitrogen and oxygen atoms in total. The van der Waals surface area contributed by atoms with Crippen molar-refractivity contribution in [1.29, 1.82) is 0 Å². The van der Waals surface area contributed by atoms with E-state index in [2.05, 4.69) is 12.2 Å². The zero-order chi connectivity index (χ0) is 11.4. The van der Waals surface area contributed by atoms with E-state index in [1.165, 1.54) is 51.4 Å². The molecule has 0 amide bonds. The number of rotatable bonds is 2. The highest BCUT2D eigenvalue weighted by Crippen LogP contribution is 2.30. The molecule has 2 aliphatic carbocycles. The zero-order valence-electron chi connectivity index (χ0n) is 10.7. The molecule has 2 aliphatic rings. The van der Waals surface area contributed by atoms with Crippen LogP contribution >= 0.6 is 0 Å². The molecule has 2 fully saturated rings. The molecule has 2 saturated carbocycles. The fourth-order valence-corrected chi connectivity index (χ4v) is 3.38. The summed E-state index contributed by atoms with van der Waals surface area (Å²) in [5.74, 6) is 0. The van der Waals surface area contributed by atoms with E-state index in [1.54, 1.807) is 0 Å². The van der Waals surface area contributed by atoms with Crippen molar-refractivity contribution in [1.82, 2.24) is 5.32 Å². The molecule has 0 aromatic rings. The largest absolute Gasteiger partial charge is 0.392 e. The van der Waals surface area contributed by atoms with Crippen LogP contribution in [0.1, 0.15) is 71.1 Å². The van der Waals surface area contributed by atoms with E-state index < -0.39 is 0 Å². The van der Waals surface area contributed by atoms with Gasteiger partial charge in [-0.3, -0.25) is 0 Å². The minimum absolute atomic E-state index is 0.110. The van der Waals surface area contributed by atoms with E-state index in [0.717, 1.165) is 12.8 Å². The van der Waals surface area contributed by atoms with Gasteiger partial charge in [0.25, 0.3) is 0 Å². The molecule has 0 aliphatic heterocycles. The first-order chi connectivity index (χ1) is 7.70. The molecule has 16 heavy (non-hydrogen) atoms. The van der Waals surface area contributed by atoms with E-state index in [4.69, 9.17) is 0 Å². The summed E-state index contributed by atoms with van der Waals surface area (Å²) in [5.41, 5.74) is 0.300. The Balaban J connectivity index is 1.90. The van der Waals surface area contributed by atoms with Gasteiger partial charge < -0.3 is 10.4 Å². The molecule has 0 spiro atoms. The molecular formula is C14H27NO. The Kier molecular flexibility index (Phi) is 4.26. The van der Waals surface area contributed by atoms with Gasteiger partial charge >= 0.3 is 0 Å².